The Balaban J connectivity index is 1.33. The van der Waals surface area contributed by atoms with Crippen molar-refractivity contribution in [2.45, 2.75) is 0 Å². The maximum Gasteiger partial charge on any atom is 0.344 e. The Morgan fingerprint density at radius 2 is 0.961 bits per heavy atom. The minimum absolute atomic E-state index is 0.153. The van der Waals surface area contributed by atoms with Gasteiger partial charge in [-0.3, -0.25) is 0 Å². The second-order valence-corrected chi connectivity index (χ2v) is 12.0. The Bertz CT molecular complexity index is 3010. The lowest BCUT2D eigenvalue weighted by Gasteiger charge is -2.07. The Labute approximate surface area is 288 Å². The van der Waals surface area contributed by atoms with Crippen LogP contribution < -0.4 is 4.74 Å². The Kier molecular flexibility index (Phi) is 6.12. The van der Waals surface area contributed by atoms with E-state index in [4.69, 9.17) is 34.6 Å². The highest BCUT2D eigenvalue weighted by Gasteiger charge is 2.23. The van der Waals surface area contributed by atoms with Gasteiger partial charge in [0.2, 0.25) is 0 Å². The molecule has 0 amide bonds. The van der Waals surface area contributed by atoms with Crippen LogP contribution in [0.2, 0.25) is 0 Å². The SMILES string of the molecule is N#Cc1ccccc1C(=O)Oc1cccc2c3nc4nc(nc5[nH]c(nc6nc(nc([nH]3)c12)-c1ccccc1-6)c1ccccc51)-c1ccccc1-4. The molecular formula is C40H21N9O2. The highest BCUT2D eigenvalue weighted by atomic mass is 16.5. The number of rotatable bonds is 2. The Morgan fingerprint density at radius 1 is 0.510 bits per heavy atom. The topological polar surface area (TPSA) is 159 Å². The molecule has 8 aromatic rings. The standard InChI is InChI=1S/C40H21N9O2/c41-20-21-10-1-2-11-22(21)40(50)51-30-19-9-18-29-31(30)39-48-37-28-17-8-7-16-27(28)35(46-37)44-33-24-13-4-3-12-23(24)32(42-33)43-34-25-14-5-6-15-26(25)36(45-34)47-38(29)49-39/h1-19H,(H2,42,43,44,45,46,47,48,49). The van der Waals surface area contributed by atoms with Gasteiger partial charge < -0.3 is 14.7 Å². The van der Waals surface area contributed by atoms with Gasteiger partial charge in [-0.25, -0.2) is 34.7 Å². The second kappa shape index (κ2) is 11.0. The molecule has 2 N–H and O–H groups in total. The Morgan fingerprint density at radius 3 is 1.53 bits per heavy atom. The molecule has 0 radical (unpaired) electrons. The molecule has 51 heavy (non-hydrogen) atoms. The first-order valence-electron chi connectivity index (χ1n) is 16.1. The summed E-state index contributed by atoms with van der Waals surface area (Å²) in [5.74, 6) is 1.42. The lowest BCUT2D eigenvalue weighted by molar-refractivity contribution is 0.0737. The van der Waals surface area contributed by atoms with Crippen LogP contribution in [0.15, 0.2) is 115 Å². The van der Waals surface area contributed by atoms with Gasteiger partial charge in [0, 0.05) is 38.4 Å². The maximum absolute atomic E-state index is 13.5. The zero-order chi connectivity index (χ0) is 34.1. The van der Waals surface area contributed by atoms with Crippen molar-refractivity contribution in [1.29, 1.82) is 5.26 Å². The number of hydrogen-bond donors (Lipinski definition) is 2. The summed E-state index contributed by atoms with van der Waals surface area (Å²) in [6.45, 7) is 0. The van der Waals surface area contributed by atoms with Gasteiger partial charge in [0.05, 0.1) is 16.5 Å². The quantitative estimate of drug-likeness (QED) is 0.139. The number of nitriles is 1. The molecular weight excluding hydrogens is 639 g/mol. The van der Waals surface area contributed by atoms with Gasteiger partial charge in [-0.2, -0.15) is 5.26 Å². The van der Waals surface area contributed by atoms with Gasteiger partial charge in [-0.05, 0) is 18.2 Å². The largest absolute Gasteiger partial charge is 0.422 e. The molecule has 0 saturated carbocycles. The number of nitrogens with one attached hydrogen (secondary N) is 2. The van der Waals surface area contributed by atoms with E-state index in [0.717, 1.165) is 33.0 Å². The summed E-state index contributed by atoms with van der Waals surface area (Å²) in [5, 5.41) is 12.6. The first kappa shape index (κ1) is 28.4. The van der Waals surface area contributed by atoms with Crippen molar-refractivity contribution in [3.8, 4) is 57.4 Å². The molecule has 11 heteroatoms. The van der Waals surface area contributed by atoms with E-state index in [9.17, 15) is 10.1 Å². The predicted octanol–water partition coefficient (Wildman–Crippen LogP) is 7.96. The van der Waals surface area contributed by atoms with E-state index in [2.05, 4.69) is 16.0 Å². The van der Waals surface area contributed by atoms with Crippen molar-refractivity contribution in [2.75, 3.05) is 0 Å². The summed E-state index contributed by atoms with van der Waals surface area (Å²) in [6.07, 6.45) is 0. The average Bonchev–Trinajstić information content (AvgIpc) is 3.91. The summed E-state index contributed by atoms with van der Waals surface area (Å²) in [6, 6.07) is 37.4. The van der Waals surface area contributed by atoms with Crippen LogP contribution in [0.25, 0.3) is 89.7 Å². The summed E-state index contributed by atoms with van der Waals surface area (Å²) < 4.78 is 6.00. The minimum Gasteiger partial charge on any atom is -0.422 e. The van der Waals surface area contributed by atoms with E-state index < -0.39 is 5.97 Å². The van der Waals surface area contributed by atoms with Crippen LogP contribution in [0.5, 0.6) is 5.75 Å². The summed E-state index contributed by atoms with van der Waals surface area (Å²) >= 11 is 0. The van der Waals surface area contributed by atoms with E-state index in [-0.39, 0.29) is 16.9 Å². The zero-order valence-corrected chi connectivity index (χ0v) is 26.4. The maximum atomic E-state index is 13.5. The number of H-pyrrole nitrogens is 2. The molecule has 0 unspecified atom stereocenters. The minimum atomic E-state index is -0.672. The van der Waals surface area contributed by atoms with Gasteiger partial charge in [-0.1, -0.05) is 97.1 Å². The average molecular weight is 660 g/mol. The molecule has 0 spiro atoms. The fourth-order valence-electron chi connectivity index (χ4n) is 6.66. The molecule has 5 aromatic carbocycles. The van der Waals surface area contributed by atoms with Crippen LogP contribution in [0, 0.1) is 11.3 Å². The third-order valence-electron chi connectivity index (χ3n) is 9.01. The van der Waals surface area contributed by atoms with Crippen LogP contribution in [-0.2, 0) is 0 Å². The van der Waals surface area contributed by atoms with Crippen molar-refractivity contribution >= 4 is 50.1 Å². The summed E-state index contributed by atoms with van der Waals surface area (Å²) in [4.78, 5) is 50.3. The molecule has 0 atom stereocenters. The molecule has 5 heterocycles. The van der Waals surface area contributed by atoms with E-state index in [1.165, 1.54) is 0 Å². The van der Waals surface area contributed by atoms with Crippen LogP contribution >= 0.6 is 0 Å². The number of fused-ring (bicyclic) bond motifs is 20. The number of carbonyl (C=O) groups is 1. The molecule has 10 rings (SSSR count). The molecule has 3 aromatic heterocycles. The smallest absolute Gasteiger partial charge is 0.344 e. The van der Waals surface area contributed by atoms with Gasteiger partial charge in [0.1, 0.15) is 34.4 Å². The number of ether oxygens (including phenoxy) is 1. The molecule has 2 aliphatic rings. The monoisotopic (exact) mass is 659 g/mol. The molecule has 8 bridgehead atoms. The number of nitrogens with zero attached hydrogens (tertiary/aromatic N) is 7. The lowest BCUT2D eigenvalue weighted by Crippen LogP contribution is -2.10. The van der Waals surface area contributed by atoms with Gasteiger partial charge in [-0.15, -0.1) is 0 Å². The number of carbonyl (C=O) groups excluding carboxylic acids is 1. The highest BCUT2D eigenvalue weighted by molar-refractivity contribution is 6.10. The first-order chi connectivity index (χ1) is 25.1. The number of aromatic amines is 2. The van der Waals surface area contributed by atoms with Crippen LogP contribution in [0.4, 0.5) is 0 Å². The zero-order valence-electron chi connectivity index (χ0n) is 26.4. The van der Waals surface area contributed by atoms with Crippen molar-refractivity contribution in [2.24, 2.45) is 0 Å². The fourth-order valence-corrected chi connectivity index (χ4v) is 6.66. The molecule has 11 nitrogen and oxygen atoms in total. The lowest BCUT2D eigenvalue weighted by atomic mass is 10.1. The van der Waals surface area contributed by atoms with E-state index >= 15 is 0 Å². The van der Waals surface area contributed by atoms with Crippen LogP contribution in [0.1, 0.15) is 15.9 Å². The van der Waals surface area contributed by atoms with Crippen LogP contribution in [0.3, 0.4) is 0 Å². The summed E-state index contributed by atoms with van der Waals surface area (Å²) in [5.41, 5.74) is 5.64. The van der Waals surface area contributed by atoms with E-state index in [1.807, 2.05) is 78.9 Å². The van der Waals surface area contributed by atoms with E-state index in [1.54, 1.807) is 36.4 Å². The first-order valence-corrected chi connectivity index (χ1v) is 16.1. The number of esters is 1. The third kappa shape index (κ3) is 4.48. The van der Waals surface area contributed by atoms with Crippen molar-refractivity contribution in [3.05, 3.63) is 126 Å². The second-order valence-electron chi connectivity index (χ2n) is 12.0. The van der Waals surface area contributed by atoms with Crippen molar-refractivity contribution in [3.63, 3.8) is 0 Å². The summed E-state index contributed by atoms with van der Waals surface area (Å²) in [7, 11) is 0. The van der Waals surface area contributed by atoms with E-state index in [0.29, 0.717) is 56.7 Å². The van der Waals surface area contributed by atoms with Crippen molar-refractivity contribution in [1.82, 2.24) is 39.9 Å². The van der Waals surface area contributed by atoms with Gasteiger partial charge >= 0.3 is 5.97 Å². The fraction of sp³-hybridized carbons (Fsp3) is 0. The molecule has 0 fully saturated rings. The normalized spacial score (nSPS) is 11.6. The third-order valence-corrected chi connectivity index (χ3v) is 9.01. The molecule has 0 saturated heterocycles. The van der Waals surface area contributed by atoms with Gasteiger partial charge in [0.25, 0.3) is 0 Å². The predicted molar refractivity (Wildman–Crippen MR) is 192 cm³/mol. The number of benzene rings is 5. The molecule has 0 aliphatic carbocycles. The number of aromatic nitrogens is 8. The van der Waals surface area contributed by atoms with Gasteiger partial charge in [0.15, 0.2) is 23.3 Å². The Hall–Kier alpha value is -7.58. The molecule has 238 valence electrons. The molecule has 2 aliphatic heterocycles. The highest BCUT2D eigenvalue weighted by Crippen LogP contribution is 2.38. The van der Waals surface area contributed by atoms with Crippen molar-refractivity contribution < 1.29 is 9.53 Å². The van der Waals surface area contributed by atoms with Crippen LogP contribution in [-0.4, -0.2) is 45.8 Å². The number of hydrogen-bond acceptors (Lipinski definition) is 9.